The van der Waals surface area contributed by atoms with Crippen molar-refractivity contribution in [1.82, 2.24) is 0 Å². The van der Waals surface area contributed by atoms with Gasteiger partial charge in [0.15, 0.2) is 0 Å². The van der Waals surface area contributed by atoms with Gasteiger partial charge in [0.2, 0.25) is 5.75 Å². The van der Waals surface area contributed by atoms with Crippen LogP contribution in [-0.4, -0.2) is 11.2 Å². The van der Waals surface area contributed by atoms with Gasteiger partial charge >= 0.3 is 5.69 Å². The Morgan fingerprint density at radius 3 is 2.65 bits per heavy atom. The Hall–Kier alpha value is -1.53. The highest BCUT2D eigenvalue weighted by atomic mass is 79.9. The van der Waals surface area contributed by atoms with Gasteiger partial charge in [-0.25, -0.2) is 0 Å². The fourth-order valence-corrected chi connectivity index (χ4v) is 2.57. The van der Waals surface area contributed by atoms with Crippen molar-refractivity contribution in [2.24, 2.45) is 0 Å². The van der Waals surface area contributed by atoms with Crippen molar-refractivity contribution in [3.63, 3.8) is 0 Å². The van der Waals surface area contributed by atoms with Crippen molar-refractivity contribution in [3.05, 3.63) is 58.1 Å². The molecule has 0 bridgehead atoms. The zero-order chi connectivity index (χ0) is 14.5. The maximum absolute atomic E-state index is 11.1. The van der Waals surface area contributed by atoms with Crippen LogP contribution in [0.5, 0.6) is 11.5 Å². The molecule has 0 saturated carbocycles. The third-order valence-electron chi connectivity index (χ3n) is 2.66. The molecule has 0 aliphatic heterocycles. The summed E-state index contributed by atoms with van der Waals surface area (Å²) in [5.41, 5.74) is 0.806. The summed E-state index contributed by atoms with van der Waals surface area (Å²) in [6, 6.07) is 12.4. The van der Waals surface area contributed by atoms with E-state index >= 15 is 0 Å². The van der Waals surface area contributed by atoms with E-state index < -0.39 is 4.92 Å². The molecule has 0 atom stereocenters. The molecule has 0 unspecified atom stereocenters. The number of benzene rings is 2. The van der Waals surface area contributed by atoms with E-state index in [0.717, 1.165) is 10.5 Å². The first kappa shape index (κ1) is 14.9. The van der Waals surface area contributed by atoms with Gasteiger partial charge in [0.25, 0.3) is 0 Å². The van der Waals surface area contributed by atoms with Gasteiger partial charge in [0, 0.05) is 16.3 Å². The molecule has 0 fully saturated rings. The van der Waals surface area contributed by atoms with E-state index in [0.29, 0.717) is 11.1 Å². The molecule has 0 radical (unpaired) electrons. The summed E-state index contributed by atoms with van der Waals surface area (Å²) < 4.78 is 5.71. The summed E-state index contributed by atoms with van der Waals surface area (Å²) in [6.45, 7) is 0. The highest BCUT2D eigenvalue weighted by molar-refractivity contribution is 9.08. The number of nitro benzene ring substituents is 1. The number of hydrogen-bond acceptors (Lipinski definition) is 4. The minimum Gasteiger partial charge on any atom is -0.449 e. The minimum atomic E-state index is -0.427. The summed E-state index contributed by atoms with van der Waals surface area (Å²) in [5.74, 6) is 0.871. The Morgan fingerprint density at radius 1 is 1.25 bits per heavy atom. The fourth-order valence-electron chi connectivity index (χ4n) is 1.70. The van der Waals surface area contributed by atoms with Crippen LogP contribution in [0.15, 0.2) is 47.4 Å². The van der Waals surface area contributed by atoms with Crippen LogP contribution in [-0.2, 0) is 5.33 Å². The van der Waals surface area contributed by atoms with Crippen molar-refractivity contribution in [1.29, 1.82) is 0 Å². The van der Waals surface area contributed by atoms with E-state index in [4.69, 9.17) is 4.74 Å². The van der Waals surface area contributed by atoms with Crippen LogP contribution >= 0.6 is 27.7 Å². The highest BCUT2D eigenvalue weighted by Gasteiger charge is 2.17. The summed E-state index contributed by atoms with van der Waals surface area (Å²) in [5, 5.41) is 11.7. The van der Waals surface area contributed by atoms with E-state index in [1.54, 1.807) is 18.2 Å². The normalized spacial score (nSPS) is 10.3. The van der Waals surface area contributed by atoms with Crippen molar-refractivity contribution in [2.75, 3.05) is 6.26 Å². The summed E-state index contributed by atoms with van der Waals surface area (Å²) in [4.78, 5) is 11.6. The number of thioether (sulfide) groups is 1. The first-order chi connectivity index (χ1) is 9.65. The molecule has 2 aromatic carbocycles. The monoisotopic (exact) mass is 353 g/mol. The van der Waals surface area contributed by atoms with Gasteiger partial charge in [-0.05, 0) is 30.0 Å². The Bertz CT molecular complexity index is 634. The Kier molecular flexibility index (Phi) is 5.03. The van der Waals surface area contributed by atoms with Gasteiger partial charge in [-0.2, -0.15) is 0 Å². The summed E-state index contributed by atoms with van der Waals surface area (Å²) >= 11 is 4.82. The molecule has 0 amide bonds. The number of nitro groups is 1. The zero-order valence-electron chi connectivity index (χ0n) is 10.7. The molecule has 0 spiro atoms. The van der Waals surface area contributed by atoms with E-state index in [1.807, 2.05) is 24.5 Å². The maximum atomic E-state index is 11.1. The van der Waals surface area contributed by atoms with Crippen LogP contribution in [0.1, 0.15) is 5.56 Å². The van der Waals surface area contributed by atoms with E-state index in [9.17, 15) is 10.1 Å². The van der Waals surface area contributed by atoms with Crippen LogP contribution in [0.25, 0.3) is 0 Å². The highest BCUT2D eigenvalue weighted by Crippen LogP contribution is 2.36. The van der Waals surface area contributed by atoms with Crippen molar-refractivity contribution >= 4 is 33.4 Å². The molecule has 0 heterocycles. The molecular weight excluding hydrogens is 342 g/mol. The Balaban J connectivity index is 2.40. The average Bonchev–Trinajstić information content (AvgIpc) is 2.48. The van der Waals surface area contributed by atoms with Gasteiger partial charge in [0.1, 0.15) is 5.75 Å². The third kappa shape index (κ3) is 3.32. The SMILES string of the molecule is CSc1ccccc1Oc1ccc(CBr)cc1[N+](=O)[O-]. The second kappa shape index (κ2) is 6.76. The van der Waals surface area contributed by atoms with E-state index in [1.165, 1.54) is 17.8 Å². The number of hydrogen-bond donors (Lipinski definition) is 0. The third-order valence-corrected chi connectivity index (χ3v) is 4.09. The lowest BCUT2D eigenvalue weighted by Crippen LogP contribution is -1.95. The van der Waals surface area contributed by atoms with Gasteiger partial charge in [-0.15, -0.1) is 11.8 Å². The quantitative estimate of drug-likeness (QED) is 0.328. The molecular formula is C14H12BrNO3S. The summed E-state index contributed by atoms with van der Waals surface area (Å²) in [7, 11) is 0. The van der Waals surface area contributed by atoms with Crippen LogP contribution < -0.4 is 4.74 Å². The van der Waals surface area contributed by atoms with Gasteiger partial charge in [-0.1, -0.05) is 34.1 Å². The molecule has 0 aliphatic carbocycles. The van der Waals surface area contributed by atoms with Gasteiger partial charge in [0.05, 0.1) is 4.92 Å². The fraction of sp³-hybridized carbons (Fsp3) is 0.143. The number of halogens is 1. The number of rotatable bonds is 5. The Labute approximate surface area is 129 Å². The number of nitrogens with zero attached hydrogens (tertiary/aromatic N) is 1. The lowest BCUT2D eigenvalue weighted by atomic mass is 10.2. The van der Waals surface area contributed by atoms with Crippen molar-refractivity contribution in [2.45, 2.75) is 10.2 Å². The van der Waals surface area contributed by atoms with E-state index in [2.05, 4.69) is 15.9 Å². The first-order valence-electron chi connectivity index (χ1n) is 5.80. The molecule has 0 aromatic heterocycles. The maximum Gasteiger partial charge on any atom is 0.311 e. The molecule has 104 valence electrons. The second-order valence-electron chi connectivity index (χ2n) is 3.95. The van der Waals surface area contributed by atoms with Gasteiger partial charge in [-0.3, -0.25) is 10.1 Å². The molecule has 4 nitrogen and oxygen atoms in total. The number of para-hydroxylation sites is 1. The molecule has 2 aromatic rings. The van der Waals surface area contributed by atoms with Crippen LogP contribution in [0.3, 0.4) is 0 Å². The molecule has 20 heavy (non-hydrogen) atoms. The minimum absolute atomic E-state index is 0.0298. The molecule has 0 aliphatic rings. The standard InChI is InChI=1S/C14H12BrNO3S/c1-20-14-5-3-2-4-13(14)19-12-7-6-10(9-15)8-11(12)16(17)18/h2-8H,9H2,1H3. The zero-order valence-corrected chi connectivity index (χ0v) is 13.1. The van der Waals surface area contributed by atoms with Crippen LogP contribution in [0, 0.1) is 10.1 Å². The Morgan fingerprint density at radius 2 is 2.00 bits per heavy atom. The number of ether oxygens (including phenoxy) is 1. The van der Waals surface area contributed by atoms with E-state index in [-0.39, 0.29) is 11.4 Å². The largest absolute Gasteiger partial charge is 0.449 e. The predicted molar refractivity (Wildman–Crippen MR) is 84.0 cm³/mol. The van der Waals surface area contributed by atoms with Crippen LogP contribution in [0.4, 0.5) is 5.69 Å². The average molecular weight is 354 g/mol. The lowest BCUT2D eigenvalue weighted by molar-refractivity contribution is -0.385. The van der Waals surface area contributed by atoms with Gasteiger partial charge < -0.3 is 4.74 Å². The molecule has 2 rings (SSSR count). The lowest BCUT2D eigenvalue weighted by Gasteiger charge is -2.10. The molecule has 0 saturated heterocycles. The first-order valence-corrected chi connectivity index (χ1v) is 8.14. The number of alkyl halides is 1. The topological polar surface area (TPSA) is 52.4 Å². The molecule has 6 heteroatoms. The van der Waals surface area contributed by atoms with Crippen molar-refractivity contribution < 1.29 is 9.66 Å². The molecule has 0 N–H and O–H groups in total. The van der Waals surface area contributed by atoms with Crippen molar-refractivity contribution in [3.8, 4) is 11.5 Å². The van der Waals surface area contributed by atoms with Crippen LogP contribution in [0.2, 0.25) is 0 Å². The summed E-state index contributed by atoms with van der Waals surface area (Å²) in [6.07, 6.45) is 1.94. The predicted octanol–water partition coefficient (Wildman–Crippen LogP) is 5.00. The second-order valence-corrected chi connectivity index (χ2v) is 5.35. The smallest absolute Gasteiger partial charge is 0.311 e.